The van der Waals surface area contributed by atoms with Gasteiger partial charge in [0.2, 0.25) is 0 Å². The summed E-state index contributed by atoms with van der Waals surface area (Å²) in [6, 6.07) is 13.8. The van der Waals surface area contributed by atoms with Gasteiger partial charge in [0.25, 0.3) is 0 Å². The van der Waals surface area contributed by atoms with Crippen LogP contribution in [0, 0.1) is 6.92 Å². The summed E-state index contributed by atoms with van der Waals surface area (Å²) in [5, 5.41) is 0. The molecule has 106 valence electrons. The predicted molar refractivity (Wildman–Crippen MR) is 84.7 cm³/mol. The quantitative estimate of drug-likeness (QED) is 0.738. The first-order valence-electron chi connectivity index (χ1n) is 7.30. The summed E-state index contributed by atoms with van der Waals surface area (Å²) in [6.45, 7) is 1.91. The van der Waals surface area contributed by atoms with Crippen LogP contribution in [0.4, 0.5) is 0 Å². The third kappa shape index (κ3) is 3.22. The lowest BCUT2D eigenvalue weighted by atomic mass is 9.87. The number of allylic oxidation sites excluding steroid dienone is 2. The number of hydrogen-bond acceptors (Lipinski definition) is 2. The van der Waals surface area contributed by atoms with Crippen molar-refractivity contribution in [3.8, 4) is 0 Å². The van der Waals surface area contributed by atoms with Crippen molar-refractivity contribution in [2.45, 2.75) is 26.2 Å². The van der Waals surface area contributed by atoms with Crippen molar-refractivity contribution in [2.24, 2.45) is 0 Å². The minimum atomic E-state index is 0.152. The molecule has 0 N–H and O–H groups in total. The van der Waals surface area contributed by atoms with E-state index in [-0.39, 0.29) is 5.78 Å². The zero-order valence-corrected chi connectivity index (χ0v) is 12.1. The Bertz CT molecular complexity index is 702. The van der Waals surface area contributed by atoms with Crippen LogP contribution in [0.5, 0.6) is 0 Å². The van der Waals surface area contributed by atoms with Crippen molar-refractivity contribution in [3.63, 3.8) is 0 Å². The second-order valence-corrected chi connectivity index (χ2v) is 5.38. The zero-order valence-electron chi connectivity index (χ0n) is 12.1. The number of benzene rings is 1. The number of hydrogen-bond donors (Lipinski definition) is 0. The third-order valence-electron chi connectivity index (χ3n) is 3.69. The smallest absolute Gasteiger partial charge is 0.185 e. The fourth-order valence-corrected chi connectivity index (χ4v) is 2.63. The second kappa shape index (κ2) is 5.96. The van der Waals surface area contributed by atoms with Crippen LogP contribution in [-0.4, -0.2) is 5.78 Å². The molecule has 0 aliphatic heterocycles. The molecule has 2 heteroatoms. The van der Waals surface area contributed by atoms with Gasteiger partial charge in [0, 0.05) is 11.1 Å². The molecular weight excluding hydrogens is 260 g/mol. The average Bonchev–Trinajstić information content (AvgIpc) is 2.90. The number of carbonyl (C=O) groups excluding carboxylic acids is 1. The Hall–Kier alpha value is -2.35. The first kappa shape index (κ1) is 13.6. The van der Waals surface area contributed by atoms with E-state index in [1.165, 1.54) is 0 Å². The van der Waals surface area contributed by atoms with Gasteiger partial charge in [-0.2, -0.15) is 0 Å². The highest BCUT2D eigenvalue weighted by Crippen LogP contribution is 2.28. The Morgan fingerprint density at radius 1 is 0.952 bits per heavy atom. The van der Waals surface area contributed by atoms with Gasteiger partial charge in [-0.3, -0.25) is 4.79 Å². The molecule has 2 nitrogen and oxygen atoms in total. The highest BCUT2D eigenvalue weighted by Gasteiger charge is 2.20. The maximum Gasteiger partial charge on any atom is 0.185 e. The average molecular weight is 278 g/mol. The van der Waals surface area contributed by atoms with Crippen LogP contribution in [0.3, 0.4) is 0 Å². The number of Topliss-reactive ketones (excluding diaryl/α,β-unsaturated/α-hetero) is 1. The molecule has 0 spiro atoms. The summed E-state index contributed by atoms with van der Waals surface area (Å²) in [5.41, 5.74) is 2.82. The van der Waals surface area contributed by atoms with E-state index in [1.54, 1.807) is 0 Å². The van der Waals surface area contributed by atoms with Gasteiger partial charge in [-0.1, -0.05) is 30.3 Å². The fourth-order valence-electron chi connectivity index (χ4n) is 2.63. The van der Waals surface area contributed by atoms with Gasteiger partial charge >= 0.3 is 0 Å². The van der Waals surface area contributed by atoms with Crippen molar-refractivity contribution in [2.75, 3.05) is 0 Å². The normalized spacial score (nSPS) is 19.4. The predicted octanol–water partition coefficient (Wildman–Crippen LogP) is 4.81. The molecule has 1 heterocycles. The van der Waals surface area contributed by atoms with Crippen LogP contribution in [-0.2, 0) is 4.79 Å². The van der Waals surface area contributed by atoms with Crippen LogP contribution in [0.1, 0.15) is 36.3 Å². The minimum Gasteiger partial charge on any atom is -0.462 e. The first-order chi connectivity index (χ1) is 10.2. The fraction of sp³-hybridized carbons (Fsp3) is 0.211. The van der Waals surface area contributed by atoms with Crippen LogP contribution in [0.2, 0.25) is 0 Å². The highest BCUT2D eigenvalue weighted by molar-refractivity contribution is 6.13. The Balaban J connectivity index is 1.87. The van der Waals surface area contributed by atoms with Crippen LogP contribution >= 0.6 is 0 Å². The number of aryl methyl sites for hydroxylation is 1. The van der Waals surface area contributed by atoms with Gasteiger partial charge in [-0.05, 0) is 56.0 Å². The van der Waals surface area contributed by atoms with Crippen molar-refractivity contribution < 1.29 is 9.21 Å². The maximum absolute atomic E-state index is 12.6. The maximum atomic E-state index is 12.6. The summed E-state index contributed by atoms with van der Waals surface area (Å²) in [6.07, 6.45) is 6.57. The van der Waals surface area contributed by atoms with E-state index < -0.39 is 0 Å². The Morgan fingerprint density at radius 3 is 2.33 bits per heavy atom. The molecule has 0 atom stereocenters. The van der Waals surface area contributed by atoms with E-state index in [4.69, 9.17) is 4.42 Å². The monoisotopic (exact) mass is 278 g/mol. The van der Waals surface area contributed by atoms with Crippen LogP contribution in [0.25, 0.3) is 12.2 Å². The number of carbonyl (C=O) groups is 1. The molecule has 1 fully saturated rings. The minimum absolute atomic E-state index is 0.152. The number of furan rings is 1. The number of rotatable bonds is 2. The molecule has 1 aromatic heterocycles. The third-order valence-corrected chi connectivity index (χ3v) is 3.69. The summed E-state index contributed by atoms with van der Waals surface area (Å²) >= 11 is 0. The van der Waals surface area contributed by atoms with Crippen molar-refractivity contribution >= 4 is 17.9 Å². The molecule has 3 rings (SSSR count). The lowest BCUT2D eigenvalue weighted by molar-refractivity contribution is -0.112. The van der Waals surface area contributed by atoms with Gasteiger partial charge < -0.3 is 4.42 Å². The number of ketones is 1. The largest absolute Gasteiger partial charge is 0.462 e. The van der Waals surface area contributed by atoms with Crippen LogP contribution in [0.15, 0.2) is 58.0 Å². The lowest BCUT2D eigenvalue weighted by Crippen LogP contribution is -2.12. The lowest BCUT2D eigenvalue weighted by Gasteiger charge is -2.16. The summed E-state index contributed by atoms with van der Waals surface area (Å²) in [4.78, 5) is 12.6. The van der Waals surface area contributed by atoms with Gasteiger partial charge in [-0.25, -0.2) is 0 Å². The summed E-state index contributed by atoms with van der Waals surface area (Å²) in [7, 11) is 0. The Kier molecular flexibility index (Phi) is 3.87. The molecule has 0 unspecified atom stereocenters. The van der Waals surface area contributed by atoms with E-state index in [2.05, 4.69) is 0 Å². The Labute approximate surface area is 124 Å². The van der Waals surface area contributed by atoms with E-state index in [9.17, 15) is 4.79 Å². The molecule has 2 aromatic rings. The topological polar surface area (TPSA) is 30.2 Å². The second-order valence-electron chi connectivity index (χ2n) is 5.38. The van der Waals surface area contributed by atoms with Crippen LogP contribution < -0.4 is 0 Å². The van der Waals surface area contributed by atoms with E-state index in [0.717, 1.165) is 47.5 Å². The van der Waals surface area contributed by atoms with Gasteiger partial charge in [-0.15, -0.1) is 0 Å². The molecule has 1 aliphatic carbocycles. The molecule has 1 saturated carbocycles. The summed E-state index contributed by atoms with van der Waals surface area (Å²) in [5.74, 6) is 1.78. The standard InChI is InChI=1S/C19H18O2/c1-14-10-11-18(21-14)13-17-9-5-8-16(19(17)20)12-15-6-3-2-4-7-15/h2-4,6-7,10-13H,5,8-9H2,1H3. The molecular formula is C19H18O2. The molecule has 1 aromatic carbocycles. The molecule has 0 amide bonds. The van der Waals surface area contributed by atoms with Gasteiger partial charge in [0.05, 0.1) is 0 Å². The van der Waals surface area contributed by atoms with E-state index >= 15 is 0 Å². The Morgan fingerprint density at radius 2 is 1.67 bits per heavy atom. The summed E-state index contributed by atoms with van der Waals surface area (Å²) < 4.78 is 5.54. The molecule has 0 bridgehead atoms. The van der Waals surface area contributed by atoms with Crippen molar-refractivity contribution in [1.82, 2.24) is 0 Å². The van der Waals surface area contributed by atoms with Gasteiger partial charge in [0.15, 0.2) is 5.78 Å². The molecule has 0 radical (unpaired) electrons. The zero-order chi connectivity index (χ0) is 14.7. The molecule has 0 saturated heterocycles. The van der Waals surface area contributed by atoms with E-state index in [1.807, 2.05) is 61.5 Å². The van der Waals surface area contributed by atoms with Gasteiger partial charge in [0.1, 0.15) is 11.5 Å². The van der Waals surface area contributed by atoms with Crippen molar-refractivity contribution in [1.29, 1.82) is 0 Å². The first-order valence-corrected chi connectivity index (χ1v) is 7.30. The molecule has 21 heavy (non-hydrogen) atoms. The highest BCUT2D eigenvalue weighted by atomic mass is 16.3. The van der Waals surface area contributed by atoms with E-state index in [0.29, 0.717) is 0 Å². The molecule has 1 aliphatic rings. The van der Waals surface area contributed by atoms with Crippen molar-refractivity contribution in [3.05, 3.63) is 70.7 Å². The SMILES string of the molecule is Cc1ccc(C=C2CCCC(=Cc3ccccc3)C2=O)o1.